The number of anilines is 1. The summed E-state index contributed by atoms with van der Waals surface area (Å²) in [5, 5.41) is 8.57. The SMILES string of the molecule is O=C(Nc1cccc(CNC(=O)c2cnc(-c3cccs3)s2)c1)c1ccncc1. The molecule has 4 rings (SSSR count). The molecule has 0 saturated heterocycles. The number of benzene rings is 1. The fourth-order valence-corrected chi connectivity index (χ4v) is 4.26. The van der Waals surface area contributed by atoms with Crippen LogP contribution in [0.15, 0.2) is 72.5 Å². The first-order valence-corrected chi connectivity index (χ1v) is 10.5. The van der Waals surface area contributed by atoms with Gasteiger partial charge in [-0.2, -0.15) is 0 Å². The van der Waals surface area contributed by atoms with Gasteiger partial charge in [0.2, 0.25) is 0 Å². The number of amides is 2. The summed E-state index contributed by atoms with van der Waals surface area (Å²) in [4.78, 5) is 34.5. The van der Waals surface area contributed by atoms with Gasteiger partial charge in [0.15, 0.2) is 0 Å². The molecule has 3 aromatic heterocycles. The van der Waals surface area contributed by atoms with Crippen LogP contribution >= 0.6 is 22.7 Å². The van der Waals surface area contributed by atoms with Gasteiger partial charge < -0.3 is 10.6 Å². The number of thiazole rings is 1. The lowest BCUT2D eigenvalue weighted by Crippen LogP contribution is -2.22. The molecule has 0 atom stereocenters. The van der Waals surface area contributed by atoms with E-state index in [0.717, 1.165) is 15.4 Å². The van der Waals surface area contributed by atoms with Crippen molar-refractivity contribution in [2.75, 3.05) is 5.32 Å². The topological polar surface area (TPSA) is 84.0 Å². The number of hydrogen-bond donors (Lipinski definition) is 2. The lowest BCUT2D eigenvalue weighted by molar-refractivity contribution is 0.0953. The van der Waals surface area contributed by atoms with Crippen molar-refractivity contribution in [3.63, 3.8) is 0 Å². The number of aromatic nitrogens is 2. The third-order valence-electron chi connectivity index (χ3n) is 4.04. The summed E-state index contributed by atoms with van der Waals surface area (Å²) in [6, 6.07) is 14.6. The first-order chi connectivity index (χ1) is 14.2. The van der Waals surface area contributed by atoms with E-state index in [9.17, 15) is 9.59 Å². The Labute approximate surface area is 175 Å². The molecule has 29 heavy (non-hydrogen) atoms. The number of carbonyl (C=O) groups excluding carboxylic acids is 2. The van der Waals surface area contributed by atoms with Gasteiger partial charge in [-0.1, -0.05) is 18.2 Å². The van der Waals surface area contributed by atoms with E-state index in [0.29, 0.717) is 22.7 Å². The zero-order valence-corrected chi connectivity index (χ0v) is 16.8. The molecule has 0 aliphatic carbocycles. The molecule has 0 aliphatic heterocycles. The molecule has 0 fully saturated rings. The quantitative estimate of drug-likeness (QED) is 0.483. The van der Waals surface area contributed by atoms with Gasteiger partial charge in [-0.05, 0) is 41.3 Å². The van der Waals surface area contributed by atoms with Crippen molar-refractivity contribution in [1.82, 2.24) is 15.3 Å². The second-order valence-corrected chi connectivity index (χ2v) is 8.06. The van der Waals surface area contributed by atoms with Crippen molar-refractivity contribution in [3.05, 3.63) is 88.5 Å². The Morgan fingerprint density at radius 1 is 1.00 bits per heavy atom. The maximum Gasteiger partial charge on any atom is 0.263 e. The number of nitrogens with one attached hydrogen (secondary N) is 2. The Bertz CT molecular complexity index is 1120. The molecule has 8 heteroatoms. The maximum atomic E-state index is 12.4. The first-order valence-electron chi connectivity index (χ1n) is 8.77. The van der Waals surface area contributed by atoms with E-state index in [1.54, 1.807) is 48.1 Å². The van der Waals surface area contributed by atoms with Gasteiger partial charge in [0.05, 0.1) is 11.1 Å². The van der Waals surface area contributed by atoms with Gasteiger partial charge in [-0.15, -0.1) is 22.7 Å². The minimum Gasteiger partial charge on any atom is -0.347 e. The number of pyridine rings is 1. The van der Waals surface area contributed by atoms with Gasteiger partial charge in [-0.3, -0.25) is 14.6 Å². The highest BCUT2D eigenvalue weighted by molar-refractivity contribution is 7.21. The van der Waals surface area contributed by atoms with E-state index < -0.39 is 0 Å². The molecule has 0 saturated carbocycles. The zero-order chi connectivity index (χ0) is 20.1. The third kappa shape index (κ3) is 4.74. The summed E-state index contributed by atoms with van der Waals surface area (Å²) in [7, 11) is 0. The molecular formula is C21H16N4O2S2. The fraction of sp³-hybridized carbons (Fsp3) is 0.0476. The summed E-state index contributed by atoms with van der Waals surface area (Å²) in [6.45, 7) is 0.351. The first kappa shape index (κ1) is 19.0. The summed E-state index contributed by atoms with van der Waals surface area (Å²) >= 11 is 2.96. The van der Waals surface area contributed by atoms with Gasteiger partial charge in [0, 0.05) is 30.2 Å². The van der Waals surface area contributed by atoms with Crippen molar-refractivity contribution in [2.45, 2.75) is 6.54 Å². The van der Waals surface area contributed by atoms with E-state index in [1.807, 2.05) is 35.7 Å². The van der Waals surface area contributed by atoms with Crippen LogP contribution in [0.4, 0.5) is 5.69 Å². The molecule has 0 spiro atoms. The van der Waals surface area contributed by atoms with Crippen LogP contribution in [0.2, 0.25) is 0 Å². The van der Waals surface area contributed by atoms with Crippen molar-refractivity contribution in [3.8, 4) is 9.88 Å². The molecule has 2 amide bonds. The Hall–Kier alpha value is -3.36. The summed E-state index contributed by atoms with van der Waals surface area (Å²) in [5.74, 6) is -0.379. The van der Waals surface area contributed by atoms with E-state index in [4.69, 9.17) is 0 Å². The predicted molar refractivity (Wildman–Crippen MR) is 115 cm³/mol. The lowest BCUT2D eigenvalue weighted by Gasteiger charge is -2.08. The van der Waals surface area contributed by atoms with Crippen molar-refractivity contribution in [1.29, 1.82) is 0 Å². The molecule has 144 valence electrons. The number of nitrogens with zero attached hydrogens (tertiary/aromatic N) is 2. The van der Waals surface area contributed by atoms with E-state index in [1.165, 1.54) is 11.3 Å². The lowest BCUT2D eigenvalue weighted by atomic mass is 10.2. The van der Waals surface area contributed by atoms with Crippen LogP contribution in [0.25, 0.3) is 9.88 Å². The Morgan fingerprint density at radius 3 is 2.66 bits per heavy atom. The monoisotopic (exact) mass is 420 g/mol. The van der Waals surface area contributed by atoms with Crippen LogP contribution in [0, 0.1) is 0 Å². The van der Waals surface area contributed by atoms with Gasteiger partial charge in [0.25, 0.3) is 11.8 Å². The maximum absolute atomic E-state index is 12.4. The number of carbonyl (C=O) groups is 2. The molecule has 6 nitrogen and oxygen atoms in total. The van der Waals surface area contributed by atoms with Gasteiger partial charge in [-0.25, -0.2) is 4.98 Å². The van der Waals surface area contributed by atoms with Crippen molar-refractivity contribution < 1.29 is 9.59 Å². The molecule has 0 unspecified atom stereocenters. The molecule has 2 N–H and O–H groups in total. The minimum atomic E-state index is -0.209. The van der Waals surface area contributed by atoms with E-state index >= 15 is 0 Å². The number of hydrogen-bond acceptors (Lipinski definition) is 6. The minimum absolute atomic E-state index is 0.170. The number of thiophene rings is 1. The smallest absolute Gasteiger partial charge is 0.263 e. The molecule has 1 aromatic carbocycles. The van der Waals surface area contributed by atoms with Gasteiger partial charge in [0.1, 0.15) is 9.88 Å². The van der Waals surface area contributed by atoms with Crippen LogP contribution in [0.3, 0.4) is 0 Å². The Kier molecular flexibility index (Phi) is 5.73. The highest BCUT2D eigenvalue weighted by Gasteiger charge is 2.12. The summed E-state index contributed by atoms with van der Waals surface area (Å²) in [5.41, 5.74) is 2.08. The molecule has 0 aliphatic rings. The molecule has 0 radical (unpaired) electrons. The van der Waals surface area contributed by atoms with Gasteiger partial charge >= 0.3 is 0 Å². The van der Waals surface area contributed by atoms with E-state index in [-0.39, 0.29) is 11.8 Å². The van der Waals surface area contributed by atoms with E-state index in [2.05, 4.69) is 20.6 Å². The van der Waals surface area contributed by atoms with Crippen LogP contribution in [0.5, 0.6) is 0 Å². The third-order valence-corrected chi connectivity index (χ3v) is 6.08. The molecular weight excluding hydrogens is 404 g/mol. The molecule has 0 bridgehead atoms. The Morgan fingerprint density at radius 2 is 1.86 bits per heavy atom. The average Bonchev–Trinajstić information content (AvgIpc) is 3.45. The van der Waals surface area contributed by atoms with Crippen LogP contribution < -0.4 is 10.6 Å². The fourth-order valence-electron chi connectivity index (χ4n) is 2.63. The van der Waals surface area contributed by atoms with Crippen molar-refractivity contribution >= 4 is 40.2 Å². The average molecular weight is 421 g/mol. The largest absolute Gasteiger partial charge is 0.347 e. The second kappa shape index (κ2) is 8.76. The highest BCUT2D eigenvalue weighted by atomic mass is 32.1. The van der Waals surface area contributed by atoms with Crippen LogP contribution in [-0.4, -0.2) is 21.8 Å². The van der Waals surface area contributed by atoms with Crippen molar-refractivity contribution in [2.24, 2.45) is 0 Å². The summed E-state index contributed by atoms with van der Waals surface area (Å²) < 4.78 is 0. The molecule has 4 aromatic rings. The Balaban J connectivity index is 1.37. The predicted octanol–water partition coefficient (Wildman–Crippen LogP) is 4.45. The number of rotatable bonds is 6. The van der Waals surface area contributed by atoms with Crippen LogP contribution in [0.1, 0.15) is 25.6 Å². The van der Waals surface area contributed by atoms with Crippen LogP contribution in [-0.2, 0) is 6.54 Å². The molecule has 3 heterocycles. The standard InChI is InChI=1S/C21H16N4O2S2/c26-19(15-6-8-22-9-7-15)25-16-4-1-3-14(11-16)12-23-20(27)18-13-24-21(29-18)17-5-2-10-28-17/h1-11,13H,12H2,(H,23,27)(H,25,26). The zero-order valence-electron chi connectivity index (χ0n) is 15.2. The normalized spacial score (nSPS) is 10.5. The second-order valence-electron chi connectivity index (χ2n) is 6.08. The summed E-state index contributed by atoms with van der Waals surface area (Å²) in [6.07, 6.45) is 4.74. The highest BCUT2D eigenvalue weighted by Crippen LogP contribution is 2.28.